The van der Waals surface area contributed by atoms with E-state index in [2.05, 4.69) is 9.97 Å². The summed E-state index contributed by atoms with van der Waals surface area (Å²) in [7, 11) is 1.67. The Morgan fingerprint density at radius 2 is 2.00 bits per heavy atom. The Labute approximate surface area is 148 Å². The molecule has 3 rings (SSSR count). The van der Waals surface area contributed by atoms with Gasteiger partial charge in [-0.25, -0.2) is 9.37 Å². The molecule has 5 nitrogen and oxygen atoms in total. The average Bonchev–Trinajstić information content (AvgIpc) is 2.57. The summed E-state index contributed by atoms with van der Waals surface area (Å²) in [5.41, 5.74) is 0.703. The number of nitrogens with zero attached hydrogens (tertiary/aromatic N) is 2. The molecule has 0 unspecified atom stereocenters. The van der Waals surface area contributed by atoms with Crippen LogP contribution in [0, 0.1) is 5.82 Å². The first-order valence-corrected chi connectivity index (χ1v) is 7.97. The third-order valence-corrected chi connectivity index (χ3v) is 4.09. The Morgan fingerprint density at radius 3 is 2.72 bits per heavy atom. The van der Waals surface area contributed by atoms with Crippen LogP contribution in [0.15, 0.2) is 47.3 Å². The molecule has 0 bridgehead atoms. The van der Waals surface area contributed by atoms with Crippen LogP contribution >= 0.6 is 11.6 Å². The van der Waals surface area contributed by atoms with Crippen LogP contribution in [0.1, 0.15) is 11.4 Å². The predicted molar refractivity (Wildman–Crippen MR) is 94.0 cm³/mol. The number of fused-ring (bicyclic) bond motifs is 1. The fourth-order valence-electron chi connectivity index (χ4n) is 2.49. The number of carbonyl (C=O) groups is 1. The first-order valence-electron chi connectivity index (χ1n) is 7.60. The van der Waals surface area contributed by atoms with Gasteiger partial charge in [0, 0.05) is 19.7 Å². The number of carbonyl (C=O) groups excluding carboxylic acids is 1. The van der Waals surface area contributed by atoms with E-state index in [0.717, 1.165) is 11.6 Å². The minimum Gasteiger partial charge on any atom is -0.341 e. The zero-order valence-corrected chi connectivity index (χ0v) is 14.2. The summed E-state index contributed by atoms with van der Waals surface area (Å²) >= 11 is 5.69. The first kappa shape index (κ1) is 17.1. The van der Waals surface area contributed by atoms with Crippen molar-refractivity contribution >= 4 is 28.4 Å². The third-order valence-electron chi connectivity index (χ3n) is 3.80. The minimum atomic E-state index is -0.661. The van der Waals surface area contributed by atoms with Crippen molar-refractivity contribution in [2.24, 2.45) is 0 Å². The molecule has 7 heteroatoms. The van der Waals surface area contributed by atoms with Crippen molar-refractivity contribution in [3.8, 4) is 0 Å². The smallest absolute Gasteiger partial charge is 0.258 e. The van der Waals surface area contributed by atoms with E-state index in [9.17, 15) is 14.0 Å². The van der Waals surface area contributed by atoms with E-state index in [-0.39, 0.29) is 34.1 Å². The number of benzene rings is 2. The van der Waals surface area contributed by atoms with Gasteiger partial charge in [0.25, 0.3) is 5.56 Å². The van der Waals surface area contributed by atoms with E-state index < -0.39 is 11.4 Å². The van der Waals surface area contributed by atoms with E-state index in [1.165, 1.54) is 6.07 Å². The molecule has 3 aromatic rings. The lowest BCUT2D eigenvalue weighted by atomic mass is 10.2. The predicted octanol–water partition coefficient (Wildman–Crippen LogP) is 2.92. The minimum absolute atomic E-state index is 0.0846. The quantitative estimate of drug-likeness (QED) is 0.779. The van der Waals surface area contributed by atoms with E-state index in [1.807, 2.05) is 30.3 Å². The molecule has 1 aromatic heterocycles. The summed E-state index contributed by atoms with van der Waals surface area (Å²) in [6, 6.07) is 11.9. The van der Waals surface area contributed by atoms with Gasteiger partial charge in [-0.3, -0.25) is 9.59 Å². The zero-order chi connectivity index (χ0) is 18.0. The van der Waals surface area contributed by atoms with Gasteiger partial charge >= 0.3 is 0 Å². The number of likely N-dealkylation sites (N-methyl/N-ethyl adjacent to an activating group) is 1. The molecule has 2 aromatic carbocycles. The number of hydrogen-bond acceptors (Lipinski definition) is 3. The molecule has 0 aliphatic carbocycles. The maximum atomic E-state index is 13.6. The largest absolute Gasteiger partial charge is 0.341 e. The summed E-state index contributed by atoms with van der Waals surface area (Å²) in [5.74, 6) is -0.685. The van der Waals surface area contributed by atoms with Crippen LogP contribution in [-0.2, 0) is 17.8 Å². The van der Waals surface area contributed by atoms with Crippen LogP contribution < -0.4 is 5.56 Å². The van der Waals surface area contributed by atoms with Crippen molar-refractivity contribution in [1.29, 1.82) is 0 Å². The lowest BCUT2D eigenvalue weighted by Gasteiger charge is -2.17. The molecule has 1 heterocycles. The zero-order valence-electron chi connectivity index (χ0n) is 13.4. The van der Waals surface area contributed by atoms with Crippen molar-refractivity contribution in [3.05, 3.63) is 75.0 Å². The van der Waals surface area contributed by atoms with Gasteiger partial charge in [0.15, 0.2) is 0 Å². The standard InChI is InChI=1S/C18H15ClFN3O2/c1-23(10-11-5-3-2-4-6-11)17(24)9-16-21-15-8-14(20)13(19)7-12(15)18(25)22-16/h2-8H,9-10H2,1H3,(H,21,22,25). The van der Waals surface area contributed by atoms with Crippen LogP contribution in [0.25, 0.3) is 10.9 Å². The molecule has 25 heavy (non-hydrogen) atoms. The van der Waals surface area contributed by atoms with Crippen molar-refractivity contribution in [1.82, 2.24) is 14.9 Å². The molecule has 0 fully saturated rings. The lowest BCUT2D eigenvalue weighted by molar-refractivity contribution is -0.129. The number of aromatic nitrogens is 2. The highest BCUT2D eigenvalue weighted by Crippen LogP contribution is 2.19. The Hall–Kier alpha value is -2.73. The maximum Gasteiger partial charge on any atom is 0.258 e. The van der Waals surface area contributed by atoms with Crippen molar-refractivity contribution in [2.75, 3.05) is 7.05 Å². The average molecular weight is 360 g/mol. The molecular formula is C18H15ClFN3O2. The summed E-state index contributed by atoms with van der Waals surface area (Å²) < 4.78 is 13.6. The van der Waals surface area contributed by atoms with Crippen molar-refractivity contribution in [3.63, 3.8) is 0 Å². The van der Waals surface area contributed by atoms with Gasteiger partial charge in [0.05, 0.1) is 22.3 Å². The molecule has 0 saturated carbocycles. The van der Waals surface area contributed by atoms with Gasteiger partial charge in [-0.1, -0.05) is 41.9 Å². The second-order valence-corrected chi connectivity index (χ2v) is 6.12. The van der Waals surface area contributed by atoms with Gasteiger partial charge in [0.2, 0.25) is 5.91 Å². The lowest BCUT2D eigenvalue weighted by Crippen LogP contribution is -2.29. The van der Waals surface area contributed by atoms with Gasteiger partial charge in [-0.05, 0) is 11.6 Å². The highest BCUT2D eigenvalue weighted by molar-refractivity contribution is 6.31. The number of hydrogen-bond donors (Lipinski definition) is 1. The molecule has 128 valence electrons. The highest BCUT2D eigenvalue weighted by atomic mass is 35.5. The molecule has 0 aliphatic heterocycles. The molecule has 0 saturated heterocycles. The van der Waals surface area contributed by atoms with Gasteiger partial charge in [0.1, 0.15) is 11.6 Å². The van der Waals surface area contributed by atoms with Crippen LogP contribution in [0.2, 0.25) is 5.02 Å². The van der Waals surface area contributed by atoms with Gasteiger partial charge < -0.3 is 9.88 Å². The molecule has 0 radical (unpaired) electrons. The Kier molecular flexibility index (Phi) is 4.81. The molecule has 1 amide bonds. The summed E-state index contributed by atoms with van der Waals surface area (Å²) in [5, 5.41) is 0.0338. The first-order chi connectivity index (χ1) is 11.9. The number of aromatic amines is 1. The van der Waals surface area contributed by atoms with E-state index >= 15 is 0 Å². The van der Waals surface area contributed by atoms with Crippen molar-refractivity contribution in [2.45, 2.75) is 13.0 Å². The number of H-pyrrole nitrogens is 1. The van der Waals surface area contributed by atoms with Crippen molar-refractivity contribution < 1.29 is 9.18 Å². The molecule has 1 N–H and O–H groups in total. The Morgan fingerprint density at radius 1 is 1.28 bits per heavy atom. The van der Waals surface area contributed by atoms with Crippen LogP contribution in [0.3, 0.4) is 0 Å². The summed E-state index contributed by atoms with van der Waals surface area (Å²) in [6.45, 7) is 0.446. The summed E-state index contributed by atoms with van der Waals surface area (Å²) in [6.07, 6.45) is -0.0846. The number of nitrogens with one attached hydrogen (secondary N) is 1. The molecule has 0 aliphatic rings. The fraction of sp³-hybridized carbons (Fsp3) is 0.167. The van der Waals surface area contributed by atoms with Gasteiger partial charge in [-0.2, -0.15) is 0 Å². The number of amides is 1. The second-order valence-electron chi connectivity index (χ2n) is 5.71. The van der Waals surface area contributed by atoms with E-state index in [1.54, 1.807) is 11.9 Å². The van der Waals surface area contributed by atoms with E-state index in [4.69, 9.17) is 11.6 Å². The molecular weight excluding hydrogens is 345 g/mol. The Balaban J connectivity index is 1.81. The van der Waals surface area contributed by atoms with Gasteiger partial charge in [-0.15, -0.1) is 0 Å². The third kappa shape index (κ3) is 3.85. The molecule has 0 atom stereocenters. The number of halogens is 2. The second kappa shape index (κ2) is 7.03. The fourth-order valence-corrected chi connectivity index (χ4v) is 2.65. The van der Waals surface area contributed by atoms with Crippen LogP contribution in [0.5, 0.6) is 0 Å². The normalized spacial score (nSPS) is 10.8. The van der Waals surface area contributed by atoms with Crippen LogP contribution in [0.4, 0.5) is 4.39 Å². The molecule has 0 spiro atoms. The topological polar surface area (TPSA) is 66.1 Å². The number of rotatable bonds is 4. The summed E-state index contributed by atoms with van der Waals surface area (Å²) in [4.78, 5) is 32.7. The monoisotopic (exact) mass is 359 g/mol. The SMILES string of the molecule is CN(Cc1ccccc1)C(=O)Cc1nc2cc(F)c(Cl)cc2c(=O)[nH]1. The highest BCUT2D eigenvalue weighted by Gasteiger charge is 2.14. The maximum absolute atomic E-state index is 13.6. The van der Waals surface area contributed by atoms with E-state index in [0.29, 0.717) is 6.54 Å². The van der Waals surface area contributed by atoms with Crippen LogP contribution in [-0.4, -0.2) is 27.8 Å². The Bertz CT molecular complexity index is 989.